The fraction of sp³-hybridized carbons (Fsp3) is 0.826. The molecule has 4 bridgehead atoms. The Morgan fingerprint density at radius 2 is 1.00 bits per heavy atom. The first-order chi connectivity index (χ1) is 14.6. The molecule has 4 rings (SSSR count). The Kier molecular flexibility index (Phi) is 5.77. The van der Waals surface area contributed by atoms with E-state index < -0.39 is 41.0 Å². The van der Waals surface area contributed by atoms with Crippen molar-refractivity contribution < 1.29 is 29.4 Å². The first-order valence-electron chi connectivity index (χ1n) is 11.6. The summed E-state index contributed by atoms with van der Waals surface area (Å²) in [6, 6.07) is 0. The quantitative estimate of drug-likeness (QED) is 0.460. The van der Waals surface area contributed by atoms with Crippen LogP contribution in [0.3, 0.4) is 0 Å². The Morgan fingerprint density at radius 1 is 0.677 bits per heavy atom. The molecule has 0 spiro atoms. The van der Waals surface area contributed by atoms with Crippen LogP contribution >= 0.6 is 0 Å². The van der Waals surface area contributed by atoms with Gasteiger partial charge in [0, 0.05) is 13.1 Å². The number of rotatable bonds is 8. The monoisotopic (exact) mass is 434 g/mol. The molecule has 0 aromatic rings. The van der Waals surface area contributed by atoms with E-state index in [1.165, 1.54) is 0 Å². The Labute approximate surface area is 182 Å². The van der Waals surface area contributed by atoms with Crippen molar-refractivity contribution in [3.8, 4) is 0 Å². The van der Waals surface area contributed by atoms with Gasteiger partial charge in [-0.05, 0) is 67.6 Å². The number of aliphatic carboxylic acids is 2. The largest absolute Gasteiger partial charge is 0.481 e. The molecule has 0 aromatic heterocycles. The third-order valence-corrected chi connectivity index (χ3v) is 8.49. The van der Waals surface area contributed by atoms with Gasteiger partial charge in [-0.15, -0.1) is 0 Å². The van der Waals surface area contributed by atoms with Gasteiger partial charge in [0.25, 0.3) is 0 Å². The van der Waals surface area contributed by atoms with Crippen molar-refractivity contribution in [3.63, 3.8) is 0 Å². The van der Waals surface area contributed by atoms with Gasteiger partial charge >= 0.3 is 11.9 Å². The van der Waals surface area contributed by atoms with Gasteiger partial charge < -0.3 is 20.8 Å². The zero-order valence-electron chi connectivity index (χ0n) is 18.3. The maximum absolute atomic E-state index is 12.8. The number of carboxylic acids is 2. The molecule has 31 heavy (non-hydrogen) atoms. The number of carbonyl (C=O) groups excluding carboxylic acids is 2. The van der Waals surface area contributed by atoms with Crippen molar-refractivity contribution in [3.05, 3.63) is 0 Å². The van der Waals surface area contributed by atoms with E-state index >= 15 is 0 Å². The molecule has 4 saturated carbocycles. The maximum Gasteiger partial charge on any atom is 0.307 e. The van der Waals surface area contributed by atoms with E-state index in [1.807, 2.05) is 13.8 Å². The Hall–Kier alpha value is -2.12. The highest BCUT2D eigenvalue weighted by Gasteiger charge is 2.55. The summed E-state index contributed by atoms with van der Waals surface area (Å²) in [6.07, 6.45) is 5.26. The average Bonchev–Trinajstić information content (AvgIpc) is 3.49. The van der Waals surface area contributed by atoms with E-state index in [0.717, 1.165) is 38.5 Å². The number of amides is 2. The molecule has 8 nitrogen and oxygen atoms in total. The van der Waals surface area contributed by atoms with E-state index in [2.05, 4.69) is 10.6 Å². The van der Waals surface area contributed by atoms with E-state index in [9.17, 15) is 29.4 Å². The highest BCUT2D eigenvalue weighted by Crippen LogP contribution is 2.53. The average molecular weight is 435 g/mol. The summed E-state index contributed by atoms with van der Waals surface area (Å²) in [7, 11) is 0. The number of carbonyl (C=O) groups is 4. The van der Waals surface area contributed by atoms with Gasteiger partial charge in [-0.3, -0.25) is 19.2 Å². The summed E-state index contributed by atoms with van der Waals surface area (Å²) >= 11 is 0. The van der Waals surface area contributed by atoms with Crippen LogP contribution in [-0.2, 0) is 19.2 Å². The van der Waals surface area contributed by atoms with Crippen LogP contribution in [0.15, 0.2) is 0 Å². The highest BCUT2D eigenvalue weighted by molar-refractivity contribution is 5.87. The molecule has 0 aromatic carbocycles. The fourth-order valence-electron chi connectivity index (χ4n) is 7.00. The molecule has 0 aliphatic heterocycles. The van der Waals surface area contributed by atoms with Crippen molar-refractivity contribution in [1.82, 2.24) is 10.6 Å². The normalized spacial score (nSPS) is 38.3. The topological polar surface area (TPSA) is 133 Å². The first kappa shape index (κ1) is 22.1. The van der Waals surface area contributed by atoms with E-state index in [0.29, 0.717) is 13.1 Å². The Balaban J connectivity index is 1.29. The standard InChI is InChI=1S/C23H34N2O6/c1-23(2,9-24-19(26)15-11-3-5-13(7-11)17(15)21(28)29)10-25-20(27)16-12-4-6-14(8-12)18(16)22(30)31/h11-18H,3-10H2,1-2H3,(H,24,26)(H,25,27)(H,28,29)(H,30,31)/t11-,12+,13-,14-,15+,16+,17-,18-/m0/s1. The van der Waals surface area contributed by atoms with E-state index in [1.54, 1.807) is 0 Å². The lowest BCUT2D eigenvalue weighted by Gasteiger charge is -2.31. The third kappa shape index (κ3) is 4.05. The predicted octanol–water partition coefficient (Wildman–Crippen LogP) is 1.74. The molecule has 8 heteroatoms. The van der Waals surface area contributed by atoms with Crippen LogP contribution in [0.4, 0.5) is 0 Å². The molecule has 0 radical (unpaired) electrons. The molecule has 0 unspecified atom stereocenters. The Bertz CT molecular complexity index is 718. The minimum absolute atomic E-state index is 0.106. The van der Waals surface area contributed by atoms with Crippen molar-refractivity contribution in [2.45, 2.75) is 52.4 Å². The molecule has 172 valence electrons. The highest BCUT2D eigenvalue weighted by atomic mass is 16.4. The van der Waals surface area contributed by atoms with Crippen LogP contribution in [0.1, 0.15) is 52.4 Å². The van der Waals surface area contributed by atoms with Crippen LogP contribution in [0, 0.1) is 52.8 Å². The van der Waals surface area contributed by atoms with Crippen LogP contribution in [0.25, 0.3) is 0 Å². The van der Waals surface area contributed by atoms with Gasteiger partial charge in [-0.2, -0.15) is 0 Å². The zero-order chi connectivity index (χ0) is 22.5. The lowest BCUT2D eigenvalue weighted by Crippen LogP contribution is -2.48. The fourth-order valence-corrected chi connectivity index (χ4v) is 7.00. The maximum atomic E-state index is 12.8. The number of fused-ring (bicyclic) bond motifs is 4. The zero-order valence-corrected chi connectivity index (χ0v) is 18.3. The van der Waals surface area contributed by atoms with Gasteiger partial charge in [-0.1, -0.05) is 13.8 Å². The molecule has 4 fully saturated rings. The summed E-state index contributed by atoms with van der Waals surface area (Å²) < 4.78 is 0. The number of hydrogen-bond donors (Lipinski definition) is 4. The van der Waals surface area contributed by atoms with Crippen LogP contribution < -0.4 is 10.6 Å². The second-order valence-electron chi connectivity index (χ2n) is 11.0. The molecule has 4 aliphatic rings. The van der Waals surface area contributed by atoms with E-state index in [-0.39, 0.29) is 35.5 Å². The molecular weight excluding hydrogens is 400 g/mol. The third-order valence-electron chi connectivity index (χ3n) is 8.49. The molecule has 2 amide bonds. The van der Waals surface area contributed by atoms with Crippen LogP contribution in [-0.4, -0.2) is 47.1 Å². The second-order valence-corrected chi connectivity index (χ2v) is 11.0. The molecule has 0 heterocycles. The number of carboxylic acid groups (broad SMARTS) is 2. The molecule has 4 N–H and O–H groups in total. The second kappa shape index (κ2) is 8.10. The van der Waals surface area contributed by atoms with Crippen molar-refractivity contribution in [2.75, 3.05) is 13.1 Å². The summed E-state index contributed by atoms with van der Waals surface area (Å²) in [6.45, 7) is 4.51. The van der Waals surface area contributed by atoms with Crippen molar-refractivity contribution in [1.29, 1.82) is 0 Å². The van der Waals surface area contributed by atoms with Crippen molar-refractivity contribution >= 4 is 23.8 Å². The minimum Gasteiger partial charge on any atom is -0.481 e. The predicted molar refractivity (Wildman–Crippen MR) is 111 cm³/mol. The van der Waals surface area contributed by atoms with E-state index in [4.69, 9.17) is 0 Å². The van der Waals surface area contributed by atoms with Gasteiger partial charge in [0.15, 0.2) is 0 Å². The van der Waals surface area contributed by atoms with Gasteiger partial charge in [0.2, 0.25) is 11.8 Å². The molecular formula is C23H34N2O6. The molecule has 0 saturated heterocycles. The van der Waals surface area contributed by atoms with Crippen LogP contribution in [0.5, 0.6) is 0 Å². The lowest BCUT2D eigenvalue weighted by atomic mass is 9.78. The van der Waals surface area contributed by atoms with Gasteiger partial charge in [-0.25, -0.2) is 0 Å². The molecule has 4 aliphatic carbocycles. The summed E-state index contributed by atoms with van der Waals surface area (Å²) in [5.41, 5.74) is -0.433. The lowest BCUT2D eigenvalue weighted by molar-refractivity contribution is -0.149. The smallest absolute Gasteiger partial charge is 0.307 e. The SMILES string of the molecule is CC(C)(CNC(=O)[C@@H]1[C@@H]2CC[C@@H](C2)[C@@H]1C(=O)O)CNC(=O)[C@@H]1[C@H]2CC[C@@H](C2)[C@@H]1C(=O)O. The van der Waals surface area contributed by atoms with Gasteiger partial charge in [0.1, 0.15) is 0 Å². The summed E-state index contributed by atoms with van der Waals surface area (Å²) in [4.78, 5) is 49.0. The van der Waals surface area contributed by atoms with Gasteiger partial charge in [0.05, 0.1) is 23.7 Å². The first-order valence-corrected chi connectivity index (χ1v) is 11.6. The summed E-state index contributed by atoms with van der Waals surface area (Å²) in [5, 5.41) is 25.0. The van der Waals surface area contributed by atoms with Crippen molar-refractivity contribution in [2.24, 2.45) is 52.8 Å². The summed E-state index contributed by atoms with van der Waals surface area (Å²) in [5.74, 6) is -3.74. The minimum atomic E-state index is -0.877. The number of hydrogen-bond acceptors (Lipinski definition) is 4. The van der Waals surface area contributed by atoms with Crippen LogP contribution in [0.2, 0.25) is 0 Å². The number of nitrogens with one attached hydrogen (secondary N) is 2. The Morgan fingerprint density at radius 3 is 1.32 bits per heavy atom. The molecule has 8 atom stereocenters.